The van der Waals surface area contributed by atoms with E-state index >= 15 is 0 Å². The van der Waals surface area contributed by atoms with Crippen molar-refractivity contribution >= 4 is 22.7 Å². The van der Waals surface area contributed by atoms with E-state index in [0.29, 0.717) is 17.0 Å². The van der Waals surface area contributed by atoms with Crippen LogP contribution in [0.5, 0.6) is 0 Å². The Morgan fingerprint density at radius 2 is 2.08 bits per heavy atom. The number of nitrogens with zero attached hydrogens (tertiary/aromatic N) is 2. The highest BCUT2D eigenvalue weighted by Gasteiger charge is 2.10. The fraction of sp³-hybridized carbons (Fsp3) is 0.100. The number of benzene rings is 2. The van der Waals surface area contributed by atoms with Gasteiger partial charge in [-0.25, -0.2) is 14.2 Å². The first kappa shape index (κ1) is 16.6. The van der Waals surface area contributed by atoms with Crippen LogP contribution in [0.25, 0.3) is 16.7 Å². The highest BCUT2D eigenvalue weighted by atomic mass is 32.2. The first-order chi connectivity index (χ1) is 12.6. The topological polar surface area (TPSA) is 48.0 Å². The van der Waals surface area contributed by atoms with Crippen molar-refractivity contribution in [1.82, 2.24) is 9.55 Å². The third kappa shape index (κ3) is 3.28. The largest absolute Gasteiger partial charge is 0.423 e. The van der Waals surface area contributed by atoms with Crippen LogP contribution in [0.2, 0.25) is 0 Å². The molecule has 0 amide bonds. The van der Waals surface area contributed by atoms with Crippen molar-refractivity contribution in [3.8, 4) is 5.69 Å². The molecule has 2 aromatic heterocycles. The van der Waals surface area contributed by atoms with Crippen LogP contribution < -0.4 is 5.63 Å². The van der Waals surface area contributed by atoms with E-state index in [4.69, 9.17) is 4.42 Å². The number of hydrogen-bond donors (Lipinski definition) is 0. The minimum atomic E-state index is -0.368. The second-order valence-corrected chi connectivity index (χ2v) is 6.88. The van der Waals surface area contributed by atoms with Gasteiger partial charge in [0.05, 0.1) is 5.69 Å². The van der Waals surface area contributed by atoms with Gasteiger partial charge in [0.15, 0.2) is 5.16 Å². The Balaban J connectivity index is 1.66. The summed E-state index contributed by atoms with van der Waals surface area (Å²) in [6.45, 7) is 1.96. The molecule has 0 N–H and O–H groups in total. The molecule has 0 saturated carbocycles. The molecule has 0 aliphatic heterocycles. The third-order valence-electron chi connectivity index (χ3n) is 4.04. The second kappa shape index (κ2) is 6.80. The molecule has 130 valence electrons. The number of fused-ring (bicyclic) bond motifs is 1. The van der Waals surface area contributed by atoms with Gasteiger partial charge in [-0.05, 0) is 42.3 Å². The molecular formula is C20H15FN2O2S. The summed E-state index contributed by atoms with van der Waals surface area (Å²) in [6.07, 6.45) is 3.46. The number of thioether (sulfide) groups is 1. The zero-order chi connectivity index (χ0) is 18.1. The molecule has 26 heavy (non-hydrogen) atoms. The van der Waals surface area contributed by atoms with Gasteiger partial charge < -0.3 is 4.42 Å². The van der Waals surface area contributed by atoms with Crippen molar-refractivity contribution in [3.05, 3.63) is 88.3 Å². The molecular weight excluding hydrogens is 351 g/mol. The van der Waals surface area contributed by atoms with Gasteiger partial charge in [0.2, 0.25) is 0 Å². The van der Waals surface area contributed by atoms with Crippen LogP contribution in [-0.4, -0.2) is 9.55 Å². The van der Waals surface area contributed by atoms with E-state index in [9.17, 15) is 9.18 Å². The van der Waals surface area contributed by atoms with Crippen molar-refractivity contribution in [3.63, 3.8) is 0 Å². The van der Waals surface area contributed by atoms with Crippen LogP contribution in [0.1, 0.15) is 11.1 Å². The van der Waals surface area contributed by atoms with E-state index in [1.54, 1.807) is 18.5 Å². The molecule has 6 heteroatoms. The third-order valence-corrected chi connectivity index (χ3v) is 5.05. The lowest BCUT2D eigenvalue weighted by Gasteiger charge is -2.09. The van der Waals surface area contributed by atoms with E-state index in [1.165, 1.54) is 30.0 Å². The minimum absolute atomic E-state index is 0.297. The van der Waals surface area contributed by atoms with Crippen molar-refractivity contribution in [2.24, 2.45) is 0 Å². The van der Waals surface area contributed by atoms with Gasteiger partial charge in [-0.15, -0.1) is 0 Å². The Kier molecular flexibility index (Phi) is 4.34. The summed E-state index contributed by atoms with van der Waals surface area (Å²) >= 11 is 1.48. The number of aromatic nitrogens is 2. The maximum absolute atomic E-state index is 13.5. The quantitative estimate of drug-likeness (QED) is 0.387. The van der Waals surface area contributed by atoms with Gasteiger partial charge in [0, 0.05) is 29.6 Å². The summed E-state index contributed by atoms with van der Waals surface area (Å²) in [6, 6.07) is 13.7. The van der Waals surface area contributed by atoms with Crippen molar-refractivity contribution in [2.75, 3.05) is 0 Å². The Morgan fingerprint density at radius 1 is 1.19 bits per heavy atom. The second-order valence-electron chi connectivity index (χ2n) is 5.94. The predicted octanol–water partition coefficient (Wildman–Crippen LogP) is 4.72. The summed E-state index contributed by atoms with van der Waals surface area (Å²) in [5.74, 6) is 0.256. The molecule has 0 radical (unpaired) electrons. The summed E-state index contributed by atoms with van der Waals surface area (Å²) in [5.41, 5.74) is 2.84. The monoisotopic (exact) mass is 366 g/mol. The number of aryl methyl sites for hydroxylation is 1. The normalized spacial score (nSPS) is 11.2. The SMILES string of the molecule is Cc1ccc2c(CSc3nccn3-c3cccc(F)c3)cc(=O)oc2c1. The standard InChI is InChI=1S/C20H15FN2O2S/c1-13-5-6-17-14(10-19(24)25-18(17)9-13)12-26-20-22-7-8-23(20)16-4-2-3-15(21)11-16/h2-11H,12H2,1H3. The zero-order valence-electron chi connectivity index (χ0n) is 14.0. The first-order valence-electron chi connectivity index (χ1n) is 8.06. The van der Waals surface area contributed by atoms with Crippen molar-refractivity contribution in [2.45, 2.75) is 17.8 Å². The van der Waals surface area contributed by atoms with Crippen LogP contribution in [0.15, 0.2) is 75.3 Å². The van der Waals surface area contributed by atoms with Crippen molar-refractivity contribution < 1.29 is 8.81 Å². The van der Waals surface area contributed by atoms with Gasteiger partial charge in [-0.1, -0.05) is 30.0 Å². The molecule has 2 heterocycles. The maximum atomic E-state index is 13.5. The smallest absolute Gasteiger partial charge is 0.336 e. The number of imidazole rings is 1. The fourth-order valence-corrected chi connectivity index (χ4v) is 3.78. The molecule has 0 saturated heterocycles. The minimum Gasteiger partial charge on any atom is -0.423 e. The number of halogens is 1. The Morgan fingerprint density at radius 3 is 2.92 bits per heavy atom. The molecule has 4 rings (SSSR count). The molecule has 0 atom stereocenters. The summed E-state index contributed by atoms with van der Waals surface area (Å²) < 4.78 is 20.6. The van der Waals surface area contributed by atoms with E-state index in [0.717, 1.165) is 21.7 Å². The van der Waals surface area contributed by atoms with Gasteiger partial charge in [-0.2, -0.15) is 0 Å². The first-order valence-corrected chi connectivity index (χ1v) is 9.04. The van der Waals surface area contributed by atoms with E-state index in [2.05, 4.69) is 4.98 Å². The Labute approximate surface area is 153 Å². The summed E-state index contributed by atoms with van der Waals surface area (Å²) in [5, 5.41) is 1.63. The lowest BCUT2D eigenvalue weighted by atomic mass is 10.1. The summed E-state index contributed by atoms with van der Waals surface area (Å²) in [4.78, 5) is 16.2. The van der Waals surface area contributed by atoms with Crippen LogP contribution in [0.4, 0.5) is 4.39 Å². The predicted molar refractivity (Wildman–Crippen MR) is 100 cm³/mol. The maximum Gasteiger partial charge on any atom is 0.336 e. The molecule has 4 nitrogen and oxygen atoms in total. The zero-order valence-corrected chi connectivity index (χ0v) is 14.8. The number of hydrogen-bond acceptors (Lipinski definition) is 4. The highest BCUT2D eigenvalue weighted by Crippen LogP contribution is 2.27. The molecule has 0 aliphatic carbocycles. The van der Waals surface area contributed by atoms with Gasteiger partial charge in [0.25, 0.3) is 0 Å². The van der Waals surface area contributed by atoms with Gasteiger partial charge in [-0.3, -0.25) is 4.57 Å². The molecule has 0 aliphatic rings. The molecule has 0 bridgehead atoms. The average Bonchev–Trinajstić information content (AvgIpc) is 3.07. The van der Waals surface area contributed by atoms with Crippen LogP contribution in [-0.2, 0) is 5.75 Å². The molecule has 0 spiro atoms. The van der Waals surface area contributed by atoms with E-state index in [1.807, 2.05) is 35.8 Å². The van der Waals surface area contributed by atoms with Crippen LogP contribution >= 0.6 is 11.8 Å². The molecule has 0 fully saturated rings. The highest BCUT2D eigenvalue weighted by molar-refractivity contribution is 7.98. The van der Waals surface area contributed by atoms with E-state index < -0.39 is 0 Å². The van der Waals surface area contributed by atoms with Crippen LogP contribution in [0, 0.1) is 12.7 Å². The van der Waals surface area contributed by atoms with Crippen LogP contribution in [0.3, 0.4) is 0 Å². The fourth-order valence-electron chi connectivity index (χ4n) is 2.82. The van der Waals surface area contributed by atoms with Gasteiger partial charge in [0.1, 0.15) is 11.4 Å². The van der Waals surface area contributed by atoms with Crippen molar-refractivity contribution in [1.29, 1.82) is 0 Å². The lowest BCUT2D eigenvalue weighted by molar-refractivity contribution is 0.559. The Hall–Kier alpha value is -2.86. The van der Waals surface area contributed by atoms with Gasteiger partial charge >= 0.3 is 5.63 Å². The summed E-state index contributed by atoms with van der Waals surface area (Å²) in [7, 11) is 0. The number of rotatable bonds is 4. The Bertz CT molecular complexity index is 1150. The average molecular weight is 366 g/mol. The van der Waals surface area contributed by atoms with E-state index in [-0.39, 0.29) is 11.4 Å². The molecule has 0 unspecified atom stereocenters. The molecule has 2 aromatic carbocycles. The molecule has 4 aromatic rings. The lowest BCUT2D eigenvalue weighted by Crippen LogP contribution is -2.01.